The van der Waals surface area contributed by atoms with Gasteiger partial charge in [-0.15, -0.1) is 0 Å². The van der Waals surface area contributed by atoms with E-state index >= 15 is 0 Å². The fourth-order valence-electron chi connectivity index (χ4n) is 5.92. The van der Waals surface area contributed by atoms with Gasteiger partial charge in [-0.3, -0.25) is 4.98 Å². The molecule has 174 valence electrons. The van der Waals surface area contributed by atoms with E-state index in [0.29, 0.717) is 0 Å². The third-order valence-corrected chi connectivity index (χ3v) is 7.70. The van der Waals surface area contributed by atoms with E-state index in [2.05, 4.69) is 22.3 Å². The number of rotatable bonds is 10. The lowest BCUT2D eigenvalue weighted by Gasteiger charge is -2.19. The third-order valence-electron chi connectivity index (χ3n) is 7.70. The van der Waals surface area contributed by atoms with Gasteiger partial charge in [0.25, 0.3) is 0 Å². The molecule has 0 spiro atoms. The Balaban J connectivity index is 1.33. The number of ether oxygens (including phenoxy) is 2. The number of fused-ring (bicyclic) bond motifs is 2. The number of hydrogen-bond donors (Lipinski definition) is 1. The topological polar surface area (TPSA) is 46.6 Å². The van der Waals surface area contributed by atoms with Gasteiger partial charge in [0.1, 0.15) is 0 Å². The molecule has 0 radical (unpaired) electrons. The molecule has 5 heteroatoms. The molecule has 0 bridgehead atoms. The Morgan fingerprint density at radius 2 is 1.88 bits per heavy atom. The van der Waals surface area contributed by atoms with Crippen LogP contribution in [0.5, 0.6) is 11.5 Å². The first-order valence-electron chi connectivity index (χ1n) is 12.9. The van der Waals surface area contributed by atoms with E-state index in [1.54, 1.807) is 7.11 Å². The Bertz CT molecular complexity index is 917. The van der Waals surface area contributed by atoms with Gasteiger partial charge < -0.3 is 19.7 Å². The van der Waals surface area contributed by atoms with Gasteiger partial charge in [0.2, 0.25) is 0 Å². The SMILES string of the molecule is COc1cc2c(NCCC3CCCC3)c3c(nc2cc1OCCCN1CCCC1)CCC3. The minimum absolute atomic E-state index is 0.718. The van der Waals surface area contributed by atoms with Crippen molar-refractivity contribution >= 4 is 16.6 Å². The summed E-state index contributed by atoms with van der Waals surface area (Å²) in [6.07, 6.45) is 14.0. The van der Waals surface area contributed by atoms with Crippen molar-refractivity contribution in [1.29, 1.82) is 0 Å². The quantitative estimate of drug-likeness (QED) is 0.491. The molecule has 2 heterocycles. The first-order valence-corrected chi connectivity index (χ1v) is 12.9. The predicted octanol–water partition coefficient (Wildman–Crippen LogP) is 5.59. The predicted molar refractivity (Wildman–Crippen MR) is 131 cm³/mol. The van der Waals surface area contributed by atoms with Crippen LogP contribution in [0.25, 0.3) is 10.9 Å². The molecule has 1 saturated heterocycles. The van der Waals surface area contributed by atoms with E-state index in [4.69, 9.17) is 14.5 Å². The fraction of sp³-hybridized carbons (Fsp3) is 0.667. The Morgan fingerprint density at radius 3 is 2.69 bits per heavy atom. The summed E-state index contributed by atoms with van der Waals surface area (Å²) >= 11 is 0. The van der Waals surface area contributed by atoms with Crippen LogP contribution in [0.1, 0.15) is 69.0 Å². The molecule has 2 aliphatic carbocycles. The molecular formula is C27H39N3O2. The summed E-state index contributed by atoms with van der Waals surface area (Å²) < 4.78 is 11.9. The highest BCUT2D eigenvalue weighted by molar-refractivity contribution is 5.96. The number of aromatic nitrogens is 1. The van der Waals surface area contributed by atoms with Gasteiger partial charge in [-0.25, -0.2) is 0 Å². The molecule has 1 N–H and O–H groups in total. The van der Waals surface area contributed by atoms with Crippen molar-refractivity contribution in [3.63, 3.8) is 0 Å². The summed E-state index contributed by atoms with van der Waals surface area (Å²) in [4.78, 5) is 7.58. The lowest BCUT2D eigenvalue weighted by Crippen LogP contribution is -2.21. The molecule has 2 fully saturated rings. The second-order valence-electron chi connectivity index (χ2n) is 9.90. The molecule has 5 nitrogen and oxygen atoms in total. The lowest BCUT2D eigenvalue weighted by molar-refractivity contribution is 0.254. The number of benzene rings is 1. The molecule has 1 saturated carbocycles. The Kier molecular flexibility index (Phi) is 7.01. The standard InChI is InChI=1S/C27H39N3O2/c1-31-25-18-22-24(19-26(25)32-17-7-16-30-14-4-5-15-30)29-23-11-6-10-21(23)27(22)28-13-12-20-8-2-3-9-20/h18-20H,2-17H2,1H3,(H,28,29). The highest BCUT2D eigenvalue weighted by Crippen LogP contribution is 2.40. The van der Waals surface area contributed by atoms with Gasteiger partial charge in [0.05, 0.1) is 19.2 Å². The molecule has 1 aromatic heterocycles. The average molecular weight is 438 g/mol. The molecular weight excluding hydrogens is 398 g/mol. The van der Waals surface area contributed by atoms with Crippen LogP contribution in [-0.2, 0) is 12.8 Å². The van der Waals surface area contributed by atoms with Crippen LogP contribution in [0.2, 0.25) is 0 Å². The van der Waals surface area contributed by atoms with Crippen molar-refractivity contribution in [2.75, 3.05) is 45.2 Å². The minimum Gasteiger partial charge on any atom is -0.493 e. The van der Waals surface area contributed by atoms with E-state index in [1.165, 1.54) is 86.8 Å². The van der Waals surface area contributed by atoms with Crippen LogP contribution in [0, 0.1) is 5.92 Å². The number of hydrogen-bond acceptors (Lipinski definition) is 5. The van der Waals surface area contributed by atoms with Crippen molar-refractivity contribution in [3.8, 4) is 11.5 Å². The Hall–Kier alpha value is -2.01. The minimum atomic E-state index is 0.718. The van der Waals surface area contributed by atoms with E-state index in [9.17, 15) is 0 Å². The van der Waals surface area contributed by atoms with Gasteiger partial charge in [-0.05, 0) is 75.6 Å². The van der Waals surface area contributed by atoms with E-state index < -0.39 is 0 Å². The first kappa shape index (κ1) is 21.8. The summed E-state index contributed by atoms with van der Waals surface area (Å²) in [6.45, 7) is 5.37. The van der Waals surface area contributed by atoms with Crippen LogP contribution >= 0.6 is 0 Å². The summed E-state index contributed by atoms with van der Waals surface area (Å²) in [6, 6.07) is 4.25. The second kappa shape index (κ2) is 10.3. The number of nitrogens with one attached hydrogen (secondary N) is 1. The maximum atomic E-state index is 6.19. The van der Waals surface area contributed by atoms with E-state index in [-0.39, 0.29) is 0 Å². The molecule has 2 aromatic rings. The van der Waals surface area contributed by atoms with Crippen LogP contribution in [0.15, 0.2) is 12.1 Å². The van der Waals surface area contributed by atoms with E-state index in [0.717, 1.165) is 61.9 Å². The van der Waals surface area contributed by atoms with Gasteiger partial charge in [0, 0.05) is 35.9 Å². The second-order valence-corrected chi connectivity index (χ2v) is 9.90. The number of methoxy groups -OCH3 is 1. The van der Waals surface area contributed by atoms with Crippen LogP contribution in [0.3, 0.4) is 0 Å². The third kappa shape index (κ3) is 4.83. The number of pyridine rings is 1. The zero-order valence-corrected chi connectivity index (χ0v) is 19.8. The van der Waals surface area contributed by atoms with Gasteiger partial charge >= 0.3 is 0 Å². The molecule has 32 heavy (non-hydrogen) atoms. The van der Waals surface area contributed by atoms with Gasteiger partial charge in [-0.1, -0.05) is 25.7 Å². The number of likely N-dealkylation sites (tertiary alicyclic amines) is 1. The van der Waals surface area contributed by atoms with Gasteiger partial charge in [-0.2, -0.15) is 0 Å². The largest absolute Gasteiger partial charge is 0.493 e. The monoisotopic (exact) mass is 437 g/mol. The van der Waals surface area contributed by atoms with E-state index in [1.807, 2.05) is 0 Å². The fourth-order valence-corrected chi connectivity index (χ4v) is 5.92. The highest BCUT2D eigenvalue weighted by atomic mass is 16.5. The molecule has 1 aromatic carbocycles. The smallest absolute Gasteiger partial charge is 0.163 e. The summed E-state index contributed by atoms with van der Waals surface area (Å²) in [5.41, 5.74) is 5.01. The Labute approximate surface area is 192 Å². The van der Waals surface area contributed by atoms with Gasteiger partial charge in [0.15, 0.2) is 11.5 Å². The van der Waals surface area contributed by atoms with Crippen molar-refractivity contribution in [2.24, 2.45) is 5.92 Å². The molecule has 0 unspecified atom stereocenters. The van der Waals surface area contributed by atoms with Crippen molar-refractivity contribution in [1.82, 2.24) is 9.88 Å². The Morgan fingerprint density at radius 1 is 1.03 bits per heavy atom. The number of anilines is 1. The zero-order valence-electron chi connectivity index (χ0n) is 19.8. The van der Waals surface area contributed by atoms with Crippen molar-refractivity contribution in [3.05, 3.63) is 23.4 Å². The summed E-state index contributed by atoms with van der Waals surface area (Å²) in [5.74, 6) is 2.54. The summed E-state index contributed by atoms with van der Waals surface area (Å²) in [7, 11) is 1.74. The normalized spacial score (nSPS) is 19.0. The summed E-state index contributed by atoms with van der Waals surface area (Å²) in [5, 5.41) is 5.01. The van der Waals surface area contributed by atoms with Crippen LogP contribution in [0.4, 0.5) is 5.69 Å². The number of aryl methyl sites for hydroxylation is 1. The lowest BCUT2D eigenvalue weighted by atomic mass is 10.0. The molecule has 5 rings (SSSR count). The number of nitrogens with zero attached hydrogens (tertiary/aromatic N) is 2. The maximum absolute atomic E-state index is 6.19. The van der Waals surface area contributed by atoms with Crippen molar-refractivity contribution in [2.45, 2.75) is 70.6 Å². The maximum Gasteiger partial charge on any atom is 0.163 e. The first-order chi connectivity index (χ1) is 15.8. The molecule has 0 amide bonds. The highest BCUT2D eigenvalue weighted by Gasteiger charge is 2.22. The van der Waals surface area contributed by atoms with Crippen molar-refractivity contribution < 1.29 is 9.47 Å². The molecule has 3 aliphatic rings. The van der Waals surface area contributed by atoms with Crippen LogP contribution in [-0.4, -0.2) is 49.8 Å². The zero-order chi connectivity index (χ0) is 21.8. The van der Waals surface area contributed by atoms with Crippen LogP contribution < -0.4 is 14.8 Å². The molecule has 1 aliphatic heterocycles. The average Bonchev–Trinajstić information content (AvgIpc) is 3.58. The molecule has 0 atom stereocenters.